The Morgan fingerprint density at radius 2 is 2.00 bits per heavy atom. The van der Waals surface area contributed by atoms with Gasteiger partial charge in [-0.1, -0.05) is 26.2 Å². The van der Waals surface area contributed by atoms with Crippen molar-refractivity contribution in [3.05, 3.63) is 12.0 Å². The molecule has 0 aromatic rings. The van der Waals surface area contributed by atoms with Crippen LogP contribution in [0.2, 0.25) is 19.6 Å². The average molecular weight is 214 g/mol. The van der Waals surface area contributed by atoms with E-state index in [1.807, 2.05) is 6.26 Å². The smallest absolute Gasteiger partial charge is 0.184 e. The largest absolute Gasteiger partial charge is 0.460 e. The standard InChI is InChI=1S/C11H22O2Si/c1-5-6-7-8-10(11-9-12-11)13-14(2,3)4/h9-10H,5-8H2,1-4H3. The third kappa shape index (κ3) is 4.82. The Morgan fingerprint density at radius 1 is 1.36 bits per heavy atom. The van der Waals surface area contributed by atoms with Crippen molar-refractivity contribution in [3.8, 4) is 0 Å². The molecule has 1 aliphatic rings. The summed E-state index contributed by atoms with van der Waals surface area (Å²) >= 11 is 0. The highest BCUT2D eigenvalue weighted by atomic mass is 28.4. The molecule has 0 aromatic carbocycles. The maximum atomic E-state index is 6.05. The minimum absolute atomic E-state index is 0.244. The van der Waals surface area contributed by atoms with Crippen LogP contribution in [0.5, 0.6) is 0 Å². The van der Waals surface area contributed by atoms with E-state index in [9.17, 15) is 0 Å². The van der Waals surface area contributed by atoms with Gasteiger partial charge in [0.15, 0.2) is 14.1 Å². The van der Waals surface area contributed by atoms with Gasteiger partial charge in [0.2, 0.25) is 0 Å². The molecule has 1 rings (SSSR count). The first-order valence-corrected chi connectivity index (χ1v) is 8.98. The molecule has 0 bridgehead atoms. The van der Waals surface area contributed by atoms with E-state index in [1.54, 1.807) is 0 Å². The van der Waals surface area contributed by atoms with E-state index in [1.165, 1.54) is 19.3 Å². The molecule has 0 saturated carbocycles. The van der Waals surface area contributed by atoms with Gasteiger partial charge in [-0.2, -0.15) is 0 Å². The predicted molar refractivity (Wildman–Crippen MR) is 61.5 cm³/mol. The van der Waals surface area contributed by atoms with Gasteiger partial charge in [-0.3, -0.25) is 0 Å². The van der Waals surface area contributed by atoms with Crippen molar-refractivity contribution in [1.29, 1.82) is 0 Å². The quantitative estimate of drug-likeness (QED) is 0.476. The molecule has 82 valence electrons. The molecule has 1 aliphatic heterocycles. The molecule has 0 saturated heterocycles. The normalized spacial score (nSPS) is 17.3. The zero-order valence-corrected chi connectivity index (χ0v) is 10.8. The summed E-state index contributed by atoms with van der Waals surface area (Å²) in [5.74, 6) is 1.06. The van der Waals surface area contributed by atoms with Crippen molar-refractivity contribution < 1.29 is 9.16 Å². The molecule has 0 aromatic heterocycles. The second-order valence-corrected chi connectivity index (χ2v) is 9.31. The first kappa shape index (κ1) is 11.8. The van der Waals surface area contributed by atoms with E-state index >= 15 is 0 Å². The Kier molecular flexibility index (Phi) is 4.20. The van der Waals surface area contributed by atoms with Gasteiger partial charge in [-0.15, -0.1) is 0 Å². The van der Waals surface area contributed by atoms with Crippen LogP contribution in [-0.4, -0.2) is 14.4 Å². The van der Waals surface area contributed by atoms with Crippen LogP contribution < -0.4 is 0 Å². The van der Waals surface area contributed by atoms with E-state index in [4.69, 9.17) is 9.16 Å². The van der Waals surface area contributed by atoms with Crippen LogP contribution >= 0.6 is 0 Å². The monoisotopic (exact) mass is 214 g/mol. The van der Waals surface area contributed by atoms with Gasteiger partial charge in [0, 0.05) is 0 Å². The molecule has 1 unspecified atom stereocenters. The number of hydrogen-bond acceptors (Lipinski definition) is 2. The van der Waals surface area contributed by atoms with Gasteiger partial charge < -0.3 is 9.16 Å². The van der Waals surface area contributed by atoms with Crippen LogP contribution in [-0.2, 0) is 9.16 Å². The summed E-state index contributed by atoms with van der Waals surface area (Å²) in [7, 11) is -1.42. The van der Waals surface area contributed by atoms with Crippen molar-refractivity contribution in [3.63, 3.8) is 0 Å². The Labute approximate surface area is 88.4 Å². The molecule has 1 atom stereocenters. The van der Waals surface area contributed by atoms with Crippen molar-refractivity contribution in [2.75, 3.05) is 0 Å². The highest BCUT2D eigenvalue weighted by Crippen LogP contribution is 2.27. The molecule has 2 nitrogen and oxygen atoms in total. The molecule has 3 heteroatoms. The Bertz CT molecular complexity index is 206. The number of unbranched alkanes of at least 4 members (excludes halogenated alkanes) is 2. The summed E-state index contributed by atoms with van der Waals surface area (Å²) in [6.45, 7) is 8.90. The lowest BCUT2D eigenvalue weighted by Gasteiger charge is -2.23. The van der Waals surface area contributed by atoms with Gasteiger partial charge in [0.25, 0.3) is 0 Å². The molecule has 0 amide bonds. The first-order valence-electron chi connectivity index (χ1n) is 5.57. The van der Waals surface area contributed by atoms with Crippen LogP contribution in [0.3, 0.4) is 0 Å². The lowest BCUT2D eigenvalue weighted by Crippen LogP contribution is -2.31. The maximum absolute atomic E-state index is 6.05. The molecule has 1 heterocycles. The lowest BCUT2D eigenvalue weighted by atomic mass is 10.1. The summed E-state index contributed by atoms with van der Waals surface area (Å²) in [4.78, 5) is 0. The van der Waals surface area contributed by atoms with E-state index in [-0.39, 0.29) is 6.10 Å². The van der Waals surface area contributed by atoms with Crippen LogP contribution in [0.4, 0.5) is 0 Å². The van der Waals surface area contributed by atoms with Crippen molar-refractivity contribution in [1.82, 2.24) is 0 Å². The number of ether oxygens (including phenoxy) is 1. The SMILES string of the molecule is CCCCCC(O[Si](C)(C)C)C1=CO1. The zero-order valence-electron chi connectivity index (χ0n) is 9.80. The van der Waals surface area contributed by atoms with Gasteiger partial charge in [-0.05, 0) is 26.1 Å². The topological polar surface area (TPSA) is 21.8 Å². The second kappa shape index (κ2) is 4.98. The Morgan fingerprint density at radius 3 is 2.43 bits per heavy atom. The fourth-order valence-corrected chi connectivity index (χ4v) is 2.54. The highest BCUT2D eigenvalue weighted by molar-refractivity contribution is 6.69. The summed E-state index contributed by atoms with van der Waals surface area (Å²) in [5, 5.41) is 0. The fraction of sp³-hybridized carbons (Fsp3) is 0.818. The van der Waals surface area contributed by atoms with Crippen LogP contribution in [0, 0.1) is 0 Å². The number of rotatable bonds is 7. The molecule has 0 fully saturated rings. The van der Waals surface area contributed by atoms with Crippen molar-refractivity contribution >= 4 is 8.32 Å². The third-order valence-electron chi connectivity index (χ3n) is 2.14. The van der Waals surface area contributed by atoms with E-state index in [0.29, 0.717) is 0 Å². The summed E-state index contributed by atoms with van der Waals surface area (Å²) in [6.07, 6.45) is 6.97. The molecule has 0 N–H and O–H groups in total. The minimum Gasteiger partial charge on any atom is -0.460 e. The van der Waals surface area contributed by atoms with Gasteiger partial charge in [0.05, 0.1) is 0 Å². The predicted octanol–water partition coefficient (Wildman–Crippen LogP) is 3.66. The third-order valence-corrected chi connectivity index (χ3v) is 3.13. The molecule has 0 aliphatic carbocycles. The van der Waals surface area contributed by atoms with Crippen molar-refractivity contribution in [2.24, 2.45) is 0 Å². The molecular formula is C11H22O2Si. The zero-order chi connectivity index (χ0) is 10.6. The fourth-order valence-electron chi connectivity index (χ4n) is 1.45. The summed E-state index contributed by atoms with van der Waals surface area (Å²) in [6, 6.07) is 0. The van der Waals surface area contributed by atoms with Gasteiger partial charge >= 0.3 is 0 Å². The van der Waals surface area contributed by atoms with E-state index in [0.717, 1.165) is 12.2 Å². The minimum atomic E-state index is -1.42. The van der Waals surface area contributed by atoms with E-state index in [2.05, 4.69) is 26.6 Å². The Hall–Kier alpha value is -0.283. The van der Waals surface area contributed by atoms with Crippen molar-refractivity contribution in [2.45, 2.75) is 58.4 Å². The molecule has 14 heavy (non-hydrogen) atoms. The number of hydrogen-bond donors (Lipinski definition) is 0. The summed E-state index contributed by atoms with van der Waals surface area (Å²) in [5.41, 5.74) is 0. The molecule has 0 radical (unpaired) electrons. The van der Waals surface area contributed by atoms with Crippen LogP contribution in [0.15, 0.2) is 12.0 Å². The van der Waals surface area contributed by atoms with Crippen LogP contribution in [0.25, 0.3) is 0 Å². The molecule has 0 spiro atoms. The molecular weight excluding hydrogens is 192 g/mol. The Balaban J connectivity index is 2.29. The van der Waals surface area contributed by atoms with Gasteiger partial charge in [-0.25, -0.2) is 0 Å². The maximum Gasteiger partial charge on any atom is 0.184 e. The van der Waals surface area contributed by atoms with Crippen LogP contribution in [0.1, 0.15) is 32.6 Å². The van der Waals surface area contributed by atoms with E-state index < -0.39 is 8.32 Å². The first-order chi connectivity index (χ1) is 6.53. The average Bonchev–Trinajstić information content (AvgIpc) is 2.83. The van der Waals surface area contributed by atoms with Gasteiger partial charge in [0.1, 0.15) is 12.4 Å². The highest BCUT2D eigenvalue weighted by Gasteiger charge is 2.29. The lowest BCUT2D eigenvalue weighted by molar-refractivity contribution is 0.190. The second-order valence-electron chi connectivity index (χ2n) is 4.85. The summed E-state index contributed by atoms with van der Waals surface area (Å²) < 4.78 is 11.2.